The van der Waals surface area contributed by atoms with E-state index in [-0.39, 0.29) is 0 Å². The third-order valence-corrected chi connectivity index (χ3v) is 2.38. The van der Waals surface area contributed by atoms with Crippen molar-refractivity contribution in [1.29, 1.82) is 0 Å². The Bertz CT molecular complexity index is 481. The Morgan fingerprint density at radius 3 is 2.88 bits per heavy atom. The number of nitrogens with zero attached hydrogens (tertiary/aromatic N) is 2. The van der Waals surface area contributed by atoms with Crippen molar-refractivity contribution in [2.24, 2.45) is 5.73 Å². The number of rotatable bonds is 5. The van der Waals surface area contributed by atoms with Crippen LogP contribution in [0.15, 0.2) is 28.8 Å². The molecule has 0 saturated heterocycles. The van der Waals surface area contributed by atoms with Gasteiger partial charge in [-0.1, -0.05) is 17.3 Å². The zero-order valence-electron chi connectivity index (χ0n) is 9.81. The van der Waals surface area contributed by atoms with E-state index in [4.69, 9.17) is 10.3 Å². The van der Waals surface area contributed by atoms with E-state index in [1.807, 2.05) is 24.3 Å². The molecule has 5 nitrogen and oxygen atoms in total. The van der Waals surface area contributed by atoms with Crippen molar-refractivity contribution in [1.82, 2.24) is 10.1 Å². The van der Waals surface area contributed by atoms with Crippen molar-refractivity contribution in [3.63, 3.8) is 0 Å². The second kappa shape index (κ2) is 5.45. The lowest BCUT2D eigenvalue weighted by Gasteiger charge is -2.08. The molecule has 2 rings (SSSR count). The van der Waals surface area contributed by atoms with Gasteiger partial charge in [-0.3, -0.25) is 0 Å². The predicted molar refractivity (Wildman–Crippen MR) is 66.6 cm³/mol. The third kappa shape index (κ3) is 2.82. The van der Waals surface area contributed by atoms with Crippen LogP contribution in [0, 0.1) is 6.92 Å². The molecule has 0 aliphatic heterocycles. The van der Waals surface area contributed by atoms with Gasteiger partial charge >= 0.3 is 0 Å². The Kier molecular flexibility index (Phi) is 3.72. The second-order valence-electron chi connectivity index (χ2n) is 3.76. The van der Waals surface area contributed by atoms with E-state index in [1.54, 1.807) is 6.92 Å². The number of nitrogens with two attached hydrogens (primary N) is 1. The van der Waals surface area contributed by atoms with Crippen LogP contribution in [-0.4, -0.2) is 23.2 Å². The number of nitrogens with one attached hydrogen (secondary N) is 1. The van der Waals surface area contributed by atoms with Gasteiger partial charge in [0.1, 0.15) is 0 Å². The van der Waals surface area contributed by atoms with E-state index in [0.29, 0.717) is 18.3 Å². The molecule has 0 bridgehead atoms. The number of aromatic nitrogens is 2. The maximum atomic E-state index is 5.46. The number of hydrogen-bond donors (Lipinski definition) is 2. The number of para-hydroxylation sites is 1. The first-order valence-corrected chi connectivity index (χ1v) is 5.65. The lowest BCUT2D eigenvalue weighted by atomic mass is 10.1. The lowest BCUT2D eigenvalue weighted by Crippen LogP contribution is -2.08. The fraction of sp³-hybridized carbons (Fsp3) is 0.333. The SMILES string of the molecule is Cc1noc(-c2ccccc2NCCCN)n1. The molecule has 0 atom stereocenters. The van der Waals surface area contributed by atoms with Gasteiger partial charge < -0.3 is 15.6 Å². The van der Waals surface area contributed by atoms with E-state index in [9.17, 15) is 0 Å². The maximum Gasteiger partial charge on any atom is 0.260 e. The fourth-order valence-corrected chi connectivity index (χ4v) is 1.56. The Morgan fingerprint density at radius 2 is 2.18 bits per heavy atom. The Hall–Kier alpha value is -1.88. The standard InChI is InChI=1S/C12H16N4O/c1-9-15-12(17-16-9)10-5-2-3-6-11(10)14-8-4-7-13/h2-3,5-6,14H,4,7-8,13H2,1H3. The van der Waals surface area contributed by atoms with E-state index in [0.717, 1.165) is 24.2 Å². The first kappa shape index (κ1) is 11.6. The van der Waals surface area contributed by atoms with Gasteiger partial charge in [-0.15, -0.1) is 0 Å². The molecule has 0 aliphatic rings. The van der Waals surface area contributed by atoms with Crippen LogP contribution in [0.3, 0.4) is 0 Å². The maximum absolute atomic E-state index is 5.46. The first-order valence-electron chi connectivity index (χ1n) is 5.65. The predicted octanol–water partition coefficient (Wildman–Crippen LogP) is 1.81. The van der Waals surface area contributed by atoms with E-state index >= 15 is 0 Å². The Labute approximate surface area is 100 Å². The summed E-state index contributed by atoms with van der Waals surface area (Å²) in [6.45, 7) is 3.31. The topological polar surface area (TPSA) is 77.0 Å². The fourth-order valence-electron chi connectivity index (χ4n) is 1.56. The van der Waals surface area contributed by atoms with Crippen molar-refractivity contribution < 1.29 is 4.52 Å². The summed E-state index contributed by atoms with van der Waals surface area (Å²) < 4.78 is 5.17. The molecule has 0 radical (unpaired) electrons. The van der Waals surface area contributed by atoms with Crippen molar-refractivity contribution >= 4 is 5.69 Å². The minimum absolute atomic E-state index is 0.540. The minimum Gasteiger partial charge on any atom is -0.384 e. The molecule has 1 aromatic carbocycles. The molecule has 5 heteroatoms. The zero-order chi connectivity index (χ0) is 12.1. The van der Waals surface area contributed by atoms with Crippen molar-refractivity contribution in [2.75, 3.05) is 18.4 Å². The molecule has 0 aliphatic carbocycles. The van der Waals surface area contributed by atoms with Crippen LogP contribution in [-0.2, 0) is 0 Å². The summed E-state index contributed by atoms with van der Waals surface area (Å²) in [4.78, 5) is 4.23. The number of anilines is 1. The summed E-state index contributed by atoms with van der Waals surface area (Å²) in [5, 5.41) is 7.11. The molecule has 1 heterocycles. The molecule has 90 valence electrons. The highest BCUT2D eigenvalue weighted by Crippen LogP contribution is 2.26. The summed E-state index contributed by atoms with van der Waals surface area (Å²) in [6, 6.07) is 7.86. The van der Waals surface area contributed by atoms with Crippen LogP contribution in [0.5, 0.6) is 0 Å². The number of aryl methyl sites for hydroxylation is 1. The van der Waals surface area contributed by atoms with Gasteiger partial charge in [0.2, 0.25) is 0 Å². The summed E-state index contributed by atoms with van der Waals surface area (Å²) >= 11 is 0. The van der Waals surface area contributed by atoms with E-state index < -0.39 is 0 Å². The van der Waals surface area contributed by atoms with Gasteiger partial charge in [-0.2, -0.15) is 4.98 Å². The largest absolute Gasteiger partial charge is 0.384 e. The monoisotopic (exact) mass is 232 g/mol. The summed E-state index contributed by atoms with van der Waals surface area (Å²) in [7, 11) is 0. The number of hydrogen-bond acceptors (Lipinski definition) is 5. The average Bonchev–Trinajstić information content (AvgIpc) is 2.77. The van der Waals surface area contributed by atoms with Crippen LogP contribution >= 0.6 is 0 Å². The third-order valence-electron chi connectivity index (χ3n) is 2.38. The second-order valence-corrected chi connectivity index (χ2v) is 3.76. The highest BCUT2D eigenvalue weighted by atomic mass is 16.5. The molecule has 17 heavy (non-hydrogen) atoms. The minimum atomic E-state index is 0.540. The summed E-state index contributed by atoms with van der Waals surface area (Å²) in [6.07, 6.45) is 0.928. The molecular weight excluding hydrogens is 216 g/mol. The van der Waals surface area contributed by atoms with E-state index in [2.05, 4.69) is 15.5 Å². The molecule has 1 aromatic heterocycles. The van der Waals surface area contributed by atoms with Crippen LogP contribution in [0.2, 0.25) is 0 Å². The van der Waals surface area contributed by atoms with Crippen LogP contribution < -0.4 is 11.1 Å². The molecule has 0 fully saturated rings. The van der Waals surface area contributed by atoms with Gasteiger partial charge in [0.15, 0.2) is 5.82 Å². The highest BCUT2D eigenvalue weighted by molar-refractivity contribution is 5.72. The van der Waals surface area contributed by atoms with Crippen LogP contribution in [0.4, 0.5) is 5.69 Å². The van der Waals surface area contributed by atoms with Gasteiger partial charge in [0.25, 0.3) is 5.89 Å². The Morgan fingerprint density at radius 1 is 1.35 bits per heavy atom. The molecule has 0 spiro atoms. The Balaban J connectivity index is 2.21. The van der Waals surface area contributed by atoms with Crippen LogP contribution in [0.25, 0.3) is 11.5 Å². The van der Waals surface area contributed by atoms with Crippen molar-refractivity contribution in [3.05, 3.63) is 30.1 Å². The smallest absolute Gasteiger partial charge is 0.260 e. The van der Waals surface area contributed by atoms with Gasteiger partial charge in [-0.25, -0.2) is 0 Å². The molecule has 0 saturated carbocycles. The van der Waals surface area contributed by atoms with Crippen molar-refractivity contribution in [3.8, 4) is 11.5 Å². The molecular formula is C12H16N4O. The van der Waals surface area contributed by atoms with Crippen LogP contribution in [0.1, 0.15) is 12.2 Å². The van der Waals surface area contributed by atoms with E-state index in [1.165, 1.54) is 0 Å². The first-order chi connectivity index (χ1) is 8.31. The zero-order valence-corrected chi connectivity index (χ0v) is 9.81. The summed E-state index contributed by atoms with van der Waals surface area (Å²) in [5.41, 5.74) is 7.38. The van der Waals surface area contributed by atoms with Gasteiger partial charge in [0.05, 0.1) is 5.56 Å². The highest BCUT2D eigenvalue weighted by Gasteiger charge is 2.10. The van der Waals surface area contributed by atoms with Crippen molar-refractivity contribution in [2.45, 2.75) is 13.3 Å². The molecule has 2 aromatic rings. The normalized spacial score (nSPS) is 10.5. The molecule has 0 unspecified atom stereocenters. The molecule has 3 N–H and O–H groups in total. The van der Waals surface area contributed by atoms with Gasteiger partial charge in [0, 0.05) is 12.2 Å². The lowest BCUT2D eigenvalue weighted by molar-refractivity contribution is 0.426. The van der Waals surface area contributed by atoms with Gasteiger partial charge in [-0.05, 0) is 32.0 Å². The average molecular weight is 232 g/mol. The number of benzene rings is 1. The summed E-state index contributed by atoms with van der Waals surface area (Å²) in [5.74, 6) is 1.18. The molecule has 0 amide bonds. The quantitative estimate of drug-likeness (QED) is 0.769.